The Labute approximate surface area is 103 Å². The third-order valence-electron chi connectivity index (χ3n) is 2.40. The van der Waals surface area contributed by atoms with E-state index in [1.807, 2.05) is 0 Å². The molecule has 2 atom stereocenters. The summed E-state index contributed by atoms with van der Waals surface area (Å²) >= 11 is 5.45. The highest BCUT2D eigenvalue weighted by molar-refractivity contribution is 6.17. The van der Waals surface area contributed by atoms with E-state index in [1.54, 1.807) is 0 Å². The molecule has 94 valence electrons. The summed E-state index contributed by atoms with van der Waals surface area (Å²) in [7, 11) is 0. The van der Waals surface area contributed by atoms with Gasteiger partial charge in [0.1, 0.15) is 11.9 Å². The lowest BCUT2D eigenvalue weighted by atomic mass is 10.00. The summed E-state index contributed by atoms with van der Waals surface area (Å²) in [6.07, 6.45) is -1.99. The van der Waals surface area contributed by atoms with Crippen LogP contribution in [0, 0.1) is 0 Å². The van der Waals surface area contributed by atoms with Crippen LogP contribution in [0.1, 0.15) is 28.4 Å². The topological polar surface area (TPSA) is 104 Å². The van der Waals surface area contributed by atoms with Gasteiger partial charge in [0.15, 0.2) is 0 Å². The van der Waals surface area contributed by atoms with Crippen LogP contribution in [-0.4, -0.2) is 33.2 Å². The molecule has 1 aromatic carbocycles. The SMILES string of the molecule is NC(=O)c1cc(C(O)C(O)CCCl)ccc1O. The highest BCUT2D eigenvalue weighted by Gasteiger charge is 2.19. The van der Waals surface area contributed by atoms with Gasteiger partial charge in [-0.3, -0.25) is 4.79 Å². The summed E-state index contributed by atoms with van der Waals surface area (Å²) in [6.45, 7) is 0. The Morgan fingerprint density at radius 3 is 2.59 bits per heavy atom. The fourth-order valence-corrected chi connectivity index (χ4v) is 1.65. The lowest BCUT2D eigenvalue weighted by Gasteiger charge is -2.17. The number of hydrogen-bond acceptors (Lipinski definition) is 4. The van der Waals surface area contributed by atoms with Gasteiger partial charge in [-0.25, -0.2) is 0 Å². The van der Waals surface area contributed by atoms with Crippen molar-refractivity contribution in [2.24, 2.45) is 5.73 Å². The summed E-state index contributed by atoms with van der Waals surface area (Å²) in [5.74, 6) is -0.859. The van der Waals surface area contributed by atoms with Gasteiger partial charge in [0.2, 0.25) is 0 Å². The molecule has 1 amide bonds. The highest BCUT2D eigenvalue weighted by Crippen LogP contribution is 2.25. The number of amides is 1. The molecule has 5 nitrogen and oxygen atoms in total. The Hall–Kier alpha value is -1.30. The second-order valence-electron chi connectivity index (χ2n) is 3.63. The molecule has 0 saturated carbocycles. The van der Waals surface area contributed by atoms with E-state index in [4.69, 9.17) is 17.3 Å². The molecule has 0 aliphatic rings. The number of aliphatic hydroxyl groups is 2. The predicted molar refractivity (Wildman–Crippen MR) is 62.9 cm³/mol. The fraction of sp³-hybridized carbons (Fsp3) is 0.364. The Bertz CT molecular complexity index is 410. The molecule has 1 rings (SSSR count). The van der Waals surface area contributed by atoms with E-state index >= 15 is 0 Å². The molecule has 1 aromatic rings. The van der Waals surface area contributed by atoms with Crippen molar-refractivity contribution in [1.29, 1.82) is 0 Å². The van der Waals surface area contributed by atoms with E-state index in [9.17, 15) is 20.1 Å². The molecule has 0 aliphatic carbocycles. The van der Waals surface area contributed by atoms with Crippen molar-refractivity contribution in [2.45, 2.75) is 18.6 Å². The van der Waals surface area contributed by atoms with Gasteiger partial charge in [0.05, 0.1) is 11.7 Å². The van der Waals surface area contributed by atoms with E-state index in [1.165, 1.54) is 18.2 Å². The number of carbonyl (C=O) groups excluding carboxylic acids is 1. The Morgan fingerprint density at radius 2 is 2.06 bits per heavy atom. The number of alkyl halides is 1. The zero-order valence-corrected chi connectivity index (χ0v) is 9.76. The molecule has 0 spiro atoms. The molecule has 0 radical (unpaired) electrons. The molecular weight excluding hydrogens is 246 g/mol. The Morgan fingerprint density at radius 1 is 1.41 bits per heavy atom. The average Bonchev–Trinajstić information content (AvgIpc) is 2.28. The molecule has 6 heteroatoms. The van der Waals surface area contributed by atoms with Crippen molar-refractivity contribution >= 4 is 17.5 Å². The van der Waals surface area contributed by atoms with Crippen LogP contribution in [0.5, 0.6) is 5.75 Å². The normalized spacial score (nSPS) is 14.3. The second kappa shape index (κ2) is 5.86. The fourth-order valence-electron chi connectivity index (χ4n) is 1.43. The lowest BCUT2D eigenvalue weighted by molar-refractivity contribution is 0.0169. The zero-order valence-electron chi connectivity index (χ0n) is 9.01. The van der Waals surface area contributed by atoms with E-state index in [2.05, 4.69) is 0 Å². The van der Waals surface area contributed by atoms with Crippen LogP contribution in [0.15, 0.2) is 18.2 Å². The summed E-state index contributed by atoms with van der Waals surface area (Å²) < 4.78 is 0. The molecule has 5 N–H and O–H groups in total. The Kier molecular flexibility index (Phi) is 4.74. The maximum absolute atomic E-state index is 11.0. The number of primary amides is 1. The summed E-state index contributed by atoms with van der Waals surface area (Å²) in [5.41, 5.74) is 5.26. The molecule has 0 fully saturated rings. The quantitative estimate of drug-likeness (QED) is 0.579. The van der Waals surface area contributed by atoms with Gasteiger partial charge >= 0.3 is 0 Å². The number of aromatic hydroxyl groups is 1. The van der Waals surface area contributed by atoms with E-state index in [0.29, 0.717) is 5.56 Å². The minimum absolute atomic E-state index is 0.0976. The third kappa shape index (κ3) is 3.33. The minimum Gasteiger partial charge on any atom is -0.507 e. The largest absolute Gasteiger partial charge is 0.507 e. The van der Waals surface area contributed by atoms with Crippen LogP contribution in [-0.2, 0) is 0 Å². The first-order chi connectivity index (χ1) is 7.97. The van der Waals surface area contributed by atoms with Crippen molar-refractivity contribution in [3.63, 3.8) is 0 Å². The average molecular weight is 260 g/mol. The first-order valence-electron chi connectivity index (χ1n) is 5.02. The number of aliphatic hydroxyl groups excluding tert-OH is 2. The van der Waals surface area contributed by atoms with Gasteiger partial charge in [-0.2, -0.15) is 0 Å². The molecule has 0 heterocycles. The van der Waals surface area contributed by atoms with Gasteiger partial charge in [-0.15, -0.1) is 11.6 Å². The maximum Gasteiger partial charge on any atom is 0.252 e. The van der Waals surface area contributed by atoms with Crippen LogP contribution >= 0.6 is 11.6 Å². The van der Waals surface area contributed by atoms with Crippen molar-refractivity contribution in [1.82, 2.24) is 0 Å². The summed E-state index contributed by atoms with van der Waals surface area (Å²) in [6, 6.07) is 3.90. The maximum atomic E-state index is 11.0. The summed E-state index contributed by atoms with van der Waals surface area (Å²) in [5, 5.41) is 28.7. The van der Waals surface area contributed by atoms with Gasteiger partial charge in [0, 0.05) is 5.88 Å². The molecule has 0 aromatic heterocycles. The molecular formula is C11H14ClNO4. The number of nitrogens with two attached hydrogens (primary N) is 1. The highest BCUT2D eigenvalue weighted by atomic mass is 35.5. The smallest absolute Gasteiger partial charge is 0.252 e. The van der Waals surface area contributed by atoms with Gasteiger partial charge in [0.25, 0.3) is 5.91 Å². The predicted octanol–water partition coefficient (Wildman–Crippen LogP) is 0.514. The molecule has 0 bridgehead atoms. The molecule has 0 saturated heterocycles. The van der Waals surface area contributed by atoms with Crippen LogP contribution in [0.4, 0.5) is 0 Å². The van der Waals surface area contributed by atoms with Gasteiger partial charge in [-0.1, -0.05) is 6.07 Å². The third-order valence-corrected chi connectivity index (χ3v) is 2.62. The number of hydrogen-bond donors (Lipinski definition) is 4. The second-order valence-corrected chi connectivity index (χ2v) is 4.01. The number of phenols is 1. The van der Waals surface area contributed by atoms with Crippen LogP contribution < -0.4 is 5.73 Å². The molecule has 2 unspecified atom stereocenters. The summed E-state index contributed by atoms with van der Waals surface area (Å²) in [4.78, 5) is 11.0. The lowest BCUT2D eigenvalue weighted by Crippen LogP contribution is -2.19. The zero-order chi connectivity index (χ0) is 13.0. The van der Waals surface area contributed by atoms with Crippen LogP contribution in [0.2, 0.25) is 0 Å². The van der Waals surface area contributed by atoms with Gasteiger partial charge in [-0.05, 0) is 24.1 Å². The Balaban J connectivity index is 2.99. The van der Waals surface area contributed by atoms with Crippen molar-refractivity contribution in [2.75, 3.05) is 5.88 Å². The van der Waals surface area contributed by atoms with Crippen molar-refractivity contribution in [3.8, 4) is 5.75 Å². The first-order valence-corrected chi connectivity index (χ1v) is 5.55. The minimum atomic E-state index is -1.17. The van der Waals surface area contributed by atoms with Gasteiger partial charge < -0.3 is 21.1 Å². The monoisotopic (exact) mass is 259 g/mol. The number of benzene rings is 1. The number of carbonyl (C=O) groups is 1. The van der Waals surface area contributed by atoms with E-state index in [0.717, 1.165) is 0 Å². The first kappa shape index (κ1) is 13.8. The molecule has 17 heavy (non-hydrogen) atoms. The standard InChI is InChI=1S/C11H14ClNO4/c12-4-3-9(15)10(16)6-1-2-8(14)7(5-6)11(13)17/h1-2,5,9-10,14-16H,3-4H2,(H2,13,17). The van der Waals surface area contributed by atoms with Crippen LogP contribution in [0.25, 0.3) is 0 Å². The van der Waals surface area contributed by atoms with Crippen molar-refractivity contribution in [3.05, 3.63) is 29.3 Å². The number of halogens is 1. The van der Waals surface area contributed by atoms with E-state index < -0.39 is 18.1 Å². The van der Waals surface area contributed by atoms with Crippen molar-refractivity contribution < 1.29 is 20.1 Å². The van der Waals surface area contributed by atoms with E-state index in [-0.39, 0.29) is 23.6 Å². The molecule has 0 aliphatic heterocycles. The number of rotatable bonds is 5. The van der Waals surface area contributed by atoms with Crippen LogP contribution in [0.3, 0.4) is 0 Å².